The van der Waals surface area contributed by atoms with Crippen LogP contribution in [0.25, 0.3) is 10.8 Å². The number of hydrogen-bond acceptors (Lipinski definition) is 8. The van der Waals surface area contributed by atoms with E-state index in [9.17, 15) is 0 Å². The predicted molar refractivity (Wildman–Crippen MR) is 130 cm³/mol. The van der Waals surface area contributed by atoms with Crippen LogP contribution >= 0.6 is 0 Å². The third kappa shape index (κ3) is 39.8. The molecule has 0 fully saturated rings. The molecule has 0 saturated carbocycles. The molecule has 4 rings (SSSR count). The Labute approximate surface area is 214 Å². The number of rotatable bonds is 0. The van der Waals surface area contributed by atoms with Gasteiger partial charge in [0.1, 0.15) is 0 Å². The van der Waals surface area contributed by atoms with Crippen molar-refractivity contribution in [3.8, 4) is 12.4 Å². The summed E-state index contributed by atoms with van der Waals surface area (Å²) in [6.45, 7) is 0. The summed E-state index contributed by atoms with van der Waals surface area (Å²) in [6.07, 6.45) is 16.6. The topological polar surface area (TPSA) is 168 Å². The molecule has 4 aromatic heterocycles. The van der Waals surface area contributed by atoms with Gasteiger partial charge in [-0.25, -0.2) is 0 Å². The van der Waals surface area contributed by atoms with E-state index >= 15 is 0 Å². The Kier molecular flexibility index (Phi) is 35.6. The first-order valence-electron chi connectivity index (χ1n) is 9.19. The zero-order chi connectivity index (χ0) is 25.2. The molecule has 10 nitrogen and oxygen atoms in total. The fourth-order valence-electron chi connectivity index (χ4n) is 1.30. The van der Waals surface area contributed by atoms with E-state index in [0.717, 1.165) is 0 Å². The van der Waals surface area contributed by atoms with E-state index in [1.807, 2.05) is 72.8 Å². The fraction of sp³-hybridized carbons (Fsp3) is 0. The quantitative estimate of drug-likeness (QED) is 0.189. The summed E-state index contributed by atoms with van der Waals surface area (Å²) in [5.41, 5.74) is 0. The van der Waals surface area contributed by atoms with Gasteiger partial charge in [-0.1, -0.05) is 24.3 Å². The van der Waals surface area contributed by atoms with E-state index in [4.69, 9.17) is 21.3 Å². The van der Waals surface area contributed by atoms with Crippen LogP contribution in [0.4, 0.5) is 0 Å². The van der Waals surface area contributed by atoms with Crippen molar-refractivity contribution in [3.63, 3.8) is 0 Å². The molecule has 0 saturated heterocycles. The van der Waals surface area contributed by atoms with Gasteiger partial charge < -0.3 is 20.8 Å². The van der Waals surface area contributed by atoms with Crippen LogP contribution in [0.5, 0.6) is 0 Å². The van der Waals surface area contributed by atoms with Gasteiger partial charge in [0.15, 0.2) is 0 Å². The molecule has 0 N–H and O–H groups in total. The molecule has 0 spiro atoms. The molecule has 4 heterocycles. The maximum atomic E-state index is 7.43. The third-order valence-electron chi connectivity index (χ3n) is 2.47. The van der Waals surface area contributed by atoms with Crippen molar-refractivity contribution in [2.75, 3.05) is 0 Å². The first-order valence-corrected chi connectivity index (χ1v) is 9.19. The van der Waals surface area contributed by atoms with E-state index in [1.54, 1.807) is 49.6 Å². The molecule has 0 aromatic carbocycles. The molecule has 0 aliphatic heterocycles. The third-order valence-corrected chi connectivity index (χ3v) is 2.47. The predicted octanol–water partition coefficient (Wildman–Crippen LogP) is 4.75. The normalized spacial score (nSPS) is 6.57. The summed E-state index contributed by atoms with van der Waals surface area (Å²) in [6, 6.07) is 25.4. The Hall–Kier alpha value is -5.17. The number of hydrogen-bond donors (Lipinski definition) is 0. The van der Waals surface area contributed by atoms with Crippen LogP contribution < -0.4 is 0 Å². The molecule has 0 radical (unpaired) electrons. The Morgan fingerprint density at radius 1 is 0.429 bits per heavy atom. The van der Waals surface area contributed by atoms with E-state index < -0.39 is 0 Å². The maximum absolute atomic E-state index is 7.43. The summed E-state index contributed by atoms with van der Waals surface area (Å²) in [5.74, 6) is 0. The van der Waals surface area contributed by atoms with Crippen LogP contribution in [0.15, 0.2) is 132 Å². The Morgan fingerprint density at radius 3 is 0.657 bits per heavy atom. The summed E-state index contributed by atoms with van der Waals surface area (Å²) < 4.78 is 0. The van der Waals surface area contributed by atoms with Crippen molar-refractivity contribution in [3.05, 3.63) is 133 Å². The minimum Gasteiger partial charge on any atom is -0.422 e. The Balaban J connectivity index is -0.000000350. The average molecular weight is 507 g/mol. The van der Waals surface area contributed by atoms with Gasteiger partial charge in [0.2, 0.25) is 0 Å². The van der Waals surface area contributed by atoms with Gasteiger partial charge in [-0.2, -0.15) is 10.5 Å². The van der Waals surface area contributed by atoms with Gasteiger partial charge in [0, 0.05) is 49.6 Å². The van der Waals surface area contributed by atoms with Crippen molar-refractivity contribution < 1.29 is 16.5 Å². The molecule has 35 heavy (non-hydrogen) atoms. The summed E-state index contributed by atoms with van der Waals surface area (Å²) in [4.78, 5) is 20.3. The smallest absolute Gasteiger partial charge is 0.422 e. The van der Waals surface area contributed by atoms with Crippen LogP contribution in [0.3, 0.4) is 0 Å². The van der Waals surface area contributed by atoms with Crippen molar-refractivity contribution in [2.45, 2.75) is 0 Å². The van der Waals surface area contributed by atoms with Gasteiger partial charge in [-0.05, 0) is 48.5 Å². The molecule has 0 atom stereocenters. The van der Waals surface area contributed by atoms with Gasteiger partial charge in [0.25, 0.3) is 0 Å². The summed E-state index contributed by atoms with van der Waals surface area (Å²) >= 11 is 0. The first kappa shape index (κ1) is 34.4. The van der Waals surface area contributed by atoms with E-state index in [0.29, 0.717) is 0 Å². The monoisotopic (exact) mass is 506 g/mol. The minimum atomic E-state index is 0. The minimum absolute atomic E-state index is 0. The molecule has 0 unspecified atom stereocenters. The van der Waals surface area contributed by atoms with Crippen LogP contribution in [0.2, 0.25) is 0 Å². The van der Waals surface area contributed by atoms with Crippen molar-refractivity contribution in [1.82, 2.24) is 19.9 Å². The van der Waals surface area contributed by atoms with Gasteiger partial charge in [-0.3, -0.25) is 19.9 Å². The Bertz CT molecular complexity index is 814. The molecule has 176 valence electrons. The number of aliphatic imine (C=N–C) groups is 2. The van der Waals surface area contributed by atoms with E-state index in [1.165, 1.54) is 24.4 Å². The second kappa shape index (κ2) is 36.2. The van der Waals surface area contributed by atoms with E-state index in [2.05, 4.69) is 29.9 Å². The molecule has 0 aliphatic rings. The van der Waals surface area contributed by atoms with E-state index in [-0.39, 0.29) is 16.5 Å². The average Bonchev–Trinajstić information content (AvgIpc) is 2.95. The molecule has 0 aliphatic carbocycles. The molecule has 11 heteroatoms. The molecule has 0 bridgehead atoms. The van der Waals surface area contributed by atoms with Crippen LogP contribution in [-0.2, 0) is 16.5 Å². The maximum Gasteiger partial charge on any atom is 2.00 e. The summed E-state index contributed by atoms with van der Waals surface area (Å²) in [5, 5.41) is 29.7. The zero-order valence-electron chi connectivity index (χ0n) is 18.3. The molecule has 4 aromatic rings. The van der Waals surface area contributed by atoms with Crippen LogP contribution in [-0.4, -0.2) is 32.0 Å². The second-order valence-electron chi connectivity index (χ2n) is 4.72. The van der Waals surface area contributed by atoms with Crippen LogP contribution in [0, 0.1) is 22.9 Å². The van der Waals surface area contributed by atoms with Gasteiger partial charge in [0.05, 0.1) is 12.4 Å². The Morgan fingerprint density at radius 2 is 0.629 bits per heavy atom. The van der Waals surface area contributed by atoms with Gasteiger partial charge >= 0.3 is 16.5 Å². The van der Waals surface area contributed by atoms with Crippen LogP contribution in [0.1, 0.15) is 0 Å². The number of nitrogens with zero attached hydrogens (tertiary/aromatic N) is 10. The fourth-order valence-corrected chi connectivity index (χ4v) is 1.30. The number of aromatic nitrogens is 4. The number of nitriles is 2. The zero-order valence-corrected chi connectivity index (χ0v) is 19.3. The SMILES string of the molecule is N#CN=C=[N-].N#CN=C=[N-].[Ni+2].c1ccncc1.c1ccncc1.c1ccncc1.c1ccncc1. The summed E-state index contributed by atoms with van der Waals surface area (Å²) in [7, 11) is 0. The molecule has 0 amide bonds. The standard InChI is InChI=1S/4C5H5N.2C2N3.Ni/c4*1-2-4-6-5-3-1;2*3-1-5-2-4;/h4*1-5H;;;/q;;;;2*-1;+2. The van der Waals surface area contributed by atoms with Gasteiger partial charge in [-0.15, -0.1) is 12.0 Å². The largest absolute Gasteiger partial charge is 2.00 e. The van der Waals surface area contributed by atoms with Crippen molar-refractivity contribution in [1.29, 1.82) is 10.5 Å². The molecular formula is C24H20N10Ni. The number of pyridine rings is 4. The second-order valence-corrected chi connectivity index (χ2v) is 4.72. The van der Waals surface area contributed by atoms with Crippen molar-refractivity contribution in [2.24, 2.45) is 9.98 Å². The van der Waals surface area contributed by atoms with Crippen molar-refractivity contribution >= 4 is 12.0 Å². The first-order chi connectivity index (χ1) is 16.8. The molecular weight excluding hydrogens is 487 g/mol.